The molecule has 3 unspecified atom stereocenters. The summed E-state index contributed by atoms with van der Waals surface area (Å²) in [6.07, 6.45) is 11.5. The number of hydrogen-bond donors (Lipinski definition) is 3. The molecular formula is C43H66O11. The first-order chi connectivity index (χ1) is 25.7. The molecule has 16 atom stereocenters. The highest BCUT2D eigenvalue weighted by Crippen LogP contribution is 2.47. The molecule has 54 heavy (non-hydrogen) atoms. The third kappa shape index (κ3) is 8.52. The molecule has 6 saturated heterocycles. The van der Waals surface area contributed by atoms with Crippen molar-refractivity contribution >= 4 is 5.78 Å². The maximum Gasteiger partial charge on any atom is 0.215 e. The standard InChI is InChI=1S/C43H66O11/c1-25-21-35(52-43(24-25)36(46)12-11-32(51-43)23-29(5)44)26(2)9-10-31-14-18-42(50-31)19-15-34-40(54-42)37(47)30(6)39(49-34)33(45)22-28(4)38-27(3)13-17-41(53-38)16-7-8-20-48-41/h9-10,24,26-28,31-40,45-47H,6-8,11-23H2,1-5H3/b10-9+/t26-,27-,28+,31-,32+,33+,34?,35+,36-,37-,38?,39+,40?,41+,42-,43-/m1/s1. The minimum atomic E-state index is -1.25. The molecule has 0 aromatic heterocycles. The molecule has 0 aliphatic carbocycles. The molecule has 0 bridgehead atoms. The molecule has 0 amide bonds. The quantitative estimate of drug-likeness (QED) is 0.240. The summed E-state index contributed by atoms with van der Waals surface area (Å²) in [5.74, 6) is -2.08. The number of ether oxygens (including phenoxy) is 7. The van der Waals surface area contributed by atoms with Gasteiger partial charge in [-0.1, -0.05) is 45.1 Å². The van der Waals surface area contributed by atoms with E-state index >= 15 is 0 Å². The van der Waals surface area contributed by atoms with Crippen molar-refractivity contribution in [3.63, 3.8) is 0 Å². The first-order valence-corrected chi connectivity index (χ1v) is 21.0. The number of fused-ring (bicyclic) bond motifs is 1. The van der Waals surface area contributed by atoms with Gasteiger partial charge in [0.25, 0.3) is 0 Å². The predicted molar refractivity (Wildman–Crippen MR) is 200 cm³/mol. The zero-order valence-corrected chi connectivity index (χ0v) is 33.2. The molecule has 7 heterocycles. The van der Waals surface area contributed by atoms with Crippen LogP contribution < -0.4 is 0 Å². The number of aliphatic hydroxyl groups is 3. The number of carbonyl (C=O) groups excluding carboxylic acids is 1. The van der Waals surface area contributed by atoms with Crippen molar-refractivity contribution in [1.29, 1.82) is 0 Å². The lowest BCUT2D eigenvalue weighted by Gasteiger charge is -2.50. The van der Waals surface area contributed by atoms with Crippen LogP contribution in [0.2, 0.25) is 0 Å². The minimum absolute atomic E-state index is 0.00359. The van der Waals surface area contributed by atoms with Crippen LogP contribution in [-0.2, 0) is 38.0 Å². The summed E-state index contributed by atoms with van der Waals surface area (Å²) in [7, 11) is 0. The number of carbonyl (C=O) groups is 1. The summed E-state index contributed by atoms with van der Waals surface area (Å²) >= 11 is 0. The Morgan fingerprint density at radius 1 is 0.981 bits per heavy atom. The van der Waals surface area contributed by atoms with Crippen LogP contribution in [0.1, 0.15) is 125 Å². The summed E-state index contributed by atoms with van der Waals surface area (Å²) in [4.78, 5) is 11.8. The van der Waals surface area contributed by atoms with Gasteiger partial charge in [0.05, 0.1) is 43.2 Å². The molecule has 0 saturated carbocycles. The predicted octanol–water partition coefficient (Wildman–Crippen LogP) is 5.97. The van der Waals surface area contributed by atoms with Gasteiger partial charge in [-0.15, -0.1) is 0 Å². The first-order valence-electron chi connectivity index (χ1n) is 21.0. The number of Topliss-reactive ketones (excluding diaryl/α,β-unsaturated/α-hetero) is 1. The first kappa shape index (κ1) is 40.7. The Hall–Kier alpha value is -1.51. The van der Waals surface area contributed by atoms with Crippen molar-refractivity contribution in [2.45, 2.75) is 203 Å². The van der Waals surface area contributed by atoms with Crippen molar-refractivity contribution in [2.24, 2.45) is 17.8 Å². The van der Waals surface area contributed by atoms with E-state index in [2.05, 4.69) is 39.5 Å². The number of hydrogen-bond acceptors (Lipinski definition) is 11. The van der Waals surface area contributed by atoms with Gasteiger partial charge in [-0.05, 0) is 95.1 Å². The van der Waals surface area contributed by atoms with Crippen LogP contribution in [0.25, 0.3) is 0 Å². The van der Waals surface area contributed by atoms with Crippen LogP contribution in [0, 0.1) is 17.8 Å². The second kappa shape index (κ2) is 16.4. The molecule has 304 valence electrons. The Morgan fingerprint density at radius 2 is 1.76 bits per heavy atom. The van der Waals surface area contributed by atoms with Gasteiger partial charge in [-0.3, -0.25) is 4.79 Å². The maximum absolute atomic E-state index is 11.8. The van der Waals surface area contributed by atoms with Crippen molar-refractivity contribution in [3.8, 4) is 0 Å². The highest BCUT2D eigenvalue weighted by atomic mass is 16.7. The van der Waals surface area contributed by atoms with E-state index in [4.69, 9.17) is 33.2 Å². The SMILES string of the molecule is C=C1[C@@H](O)C2O[C@@]3(CCC2O[C@@H]1[C@@H](O)C[C@H](C)C1O[C@@]2(CCCCO2)CC[C@H]1C)CC[C@@H](/C=C/[C@@H](C)[C@@H]1CC(C)=C[C@@]2(O[C@H](CC(C)=O)CC[C@H]2O)O1)O3. The molecule has 3 spiro atoms. The third-order valence-electron chi connectivity index (χ3n) is 13.4. The lowest BCUT2D eigenvalue weighted by Crippen LogP contribution is -2.60. The average Bonchev–Trinajstić information content (AvgIpc) is 3.53. The van der Waals surface area contributed by atoms with Crippen LogP contribution in [0.4, 0.5) is 0 Å². The van der Waals surface area contributed by atoms with Crippen LogP contribution in [-0.4, -0.2) is 106 Å². The van der Waals surface area contributed by atoms with E-state index in [0.717, 1.165) is 50.7 Å². The van der Waals surface area contributed by atoms with E-state index in [-0.39, 0.29) is 48.1 Å². The van der Waals surface area contributed by atoms with Gasteiger partial charge in [0.15, 0.2) is 11.6 Å². The molecule has 7 aliphatic rings. The van der Waals surface area contributed by atoms with Gasteiger partial charge in [-0.25, -0.2) is 0 Å². The lowest BCUT2D eigenvalue weighted by atomic mass is 9.79. The molecule has 3 N–H and O–H groups in total. The van der Waals surface area contributed by atoms with E-state index in [1.54, 1.807) is 6.92 Å². The third-order valence-corrected chi connectivity index (χ3v) is 13.4. The fourth-order valence-corrected chi connectivity index (χ4v) is 10.3. The Morgan fingerprint density at radius 3 is 2.52 bits per heavy atom. The summed E-state index contributed by atoms with van der Waals surface area (Å²) in [5, 5.41) is 34.1. The van der Waals surface area contributed by atoms with Crippen molar-refractivity contribution < 1.29 is 53.3 Å². The lowest BCUT2D eigenvalue weighted by molar-refractivity contribution is -0.320. The van der Waals surface area contributed by atoms with Crippen LogP contribution in [0.5, 0.6) is 0 Å². The number of ketones is 1. The molecule has 7 aliphatic heterocycles. The Balaban J connectivity index is 0.921. The van der Waals surface area contributed by atoms with Gasteiger partial charge in [0, 0.05) is 38.0 Å². The Bertz CT molecular complexity index is 1410. The van der Waals surface area contributed by atoms with Crippen molar-refractivity contribution in [3.05, 3.63) is 36.0 Å². The summed E-state index contributed by atoms with van der Waals surface area (Å²) in [6.45, 7) is 15.0. The summed E-state index contributed by atoms with van der Waals surface area (Å²) < 4.78 is 45.3. The minimum Gasteiger partial charge on any atom is -0.390 e. The van der Waals surface area contributed by atoms with Crippen LogP contribution in [0.3, 0.4) is 0 Å². The second-order valence-corrected chi connectivity index (χ2v) is 18.0. The highest BCUT2D eigenvalue weighted by Gasteiger charge is 2.54. The number of rotatable bonds is 9. The molecule has 0 aromatic carbocycles. The molecule has 11 heteroatoms. The van der Waals surface area contributed by atoms with Crippen LogP contribution in [0.15, 0.2) is 36.0 Å². The molecular weight excluding hydrogens is 692 g/mol. The fourth-order valence-electron chi connectivity index (χ4n) is 10.3. The molecule has 0 radical (unpaired) electrons. The monoisotopic (exact) mass is 758 g/mol. The maximum atomic E-state index is 11.8. The summed E-state index contributed by atoms with van der Waals surface area (Å²) in [6, 6.07) is 0. The average molecular weight is 759 g/mol. The molecule has 0 aromatic rings. The normalized spacial score (nSPS) is 46.1. The highest BCUT2D eigenvalue weighted by molar-refractivity contribution is 5.76. The second-order valence-electron chi connectivity index (χ2n) is 18.0. The van der Waals surface area contributed by atoms with Gasteiger partial charge in [-0.2, -0.15) is 0 Å². The molecule has 7 rings (SSSR count). The van der Waals surface area contributed by atoms with Crippen molar-refractivity contribution in [1.82, 2.24) is 0 Å². The Labute approximate surface area is 321 Å². The van der Waals surface area contributed by atoms with E-state index in [9.17, 15) is 20.1 Å². The topological polar surface area (TPSA) is 142 Å². The van der Waals surface area contributed by atoms with Gasteiger partial charge >= 0.3 is 0 Å². The van der Waals surface area contributed by atoms with E-state index in [1.807, 2.05) is 13.0 Å². The Kier molecular flexibility index (Phi) is 12.3. The van der Waals surface area contributed by atoms with Gasteiger partial charge < -0.3 is 48.5 Å². The van der Waals surface area contributed by atoms with Gasteiger partial charge in [0.1, 0.15) is 30.2 Å². The van der Waals surface area contributed by atoms with E-state index in [0.29, 0.717) is 62.9 Å². The van der Waals surface area contributed by atoms with E-state index < -0.39 is 47.9 Å². The zero-order chi connectivity index (χ0) is 38.4. The largest absolute Gasteiger partial charge is 0.390 e. The fraction of sp³-hybridized carbons (Fsp3) is 0.837. The molecule has 11 nitrogen and oxygen atoms in total. The van der Waals surface area contributed by atoms with E-state index in [1.165, 1.54) is 0 Å². The smallest absolute Gasteiger partial charge is 0.215 e. The van der Waals surface area contributed by atoms with Crippen molar-refractivity contribution in [2.75, 3.05) is 6.61 Å². The van der Waals surface area contributed by atoms with Gasteiger partial charge in [0.2, 0.25) is 5.79 Å². The number of aliphatic hydroxyl groups excluding tert-OH is 3. The molecule has 6 fully saturated rings. The zero-order valence-electron chi connectivity index (χ0n) is 33.2. The summed E-state index contributed by atoms with van der Waals surface area (Å²) in [5.41, 5.74) is 1.53. The van der Waals surface area contributed by atoms with Crippen LogP contribution >= 0.6 is 0 Å².